The fraction of sp³-hybridized carbons (Fsp3) is 0.500. The summed E-state index contributed by atoms with van der Waals surface area (Å²) >= 11 is 0. The maximum atomic E-state index is 13.9. The molecule has 1 atom stereocenters. The molecule has 0 radical (unpaired) electrons. The van der Waals surface area contributed by atoms with E-state index in [0.29, 0.717) is 0 Å². The van der Waals surface area contributed by atoms with Crippen molar-refractivity contribution in [1.82, 2.24) is 5.32 Å². The lowest BCUT2D eigenvalue weighted by molar-refractivity contribution is -0.121. The highest BCUT2D eigenvalue weighted by atomic mass is 19.1. The molecule has 0 spiro atoms. The molecule has 2 N–H and O–H groups in total. The number of halogens is 1. The third-order valence-electron chi connectivity index (χ3n) is 4.04. The van der Waals surface area contributed by atoms with Crippen molar-refractivity contribution in [2.24, 2.45) is 5.41 Å². The third kappa shape index (κ3) is 3.44. The smallest absolute Gasteiger partial charge is 0.337 e. The van der Waals surface area contributed by atoms with Crippen molar-refractivity contribution in [3.05, 3.63) is 29.6 Å². The van der Waals surface area contributed by atoms with Gasteiger partial charge in [-0.3, -0.25) is 4.79 Å². The van der Waals surface area contributed by atoms with Crippen molar-refractivity contribution >= 4 is 17.6 Å². The molecule has 1 aromatic carbocycles. The molecule has 120 valence electrons. The summed E-state index contributed by atoms with van der Waals surface area (Å²) in [5, 5.41) is 5.74. The summed E-state index contributed by atoms with van der Waals surface area (Å²) in [5.41, 5.74) is -0.0372. The van der Waals surface area contributed by atoms with Gasteiger partial charge in [-0.2, -0.15) is 0 Å². The number of methoxy groups -OCH3 is 1. The van der Waals surface area contributed by atoms with Crippen molar-refractivity contribution in [3.63, 3.8) is 0 Å². The number of piperidine rings is 1. The van der Waals surface area contributed by atoms with Gasteiger partial charge in [0.1, 0.15) is 5.82 Å². The molecule has 1 amide bonds. The van der Waals surface area contributed by atoms with E-state index in [0.717, 1.165) is 25.5 Å². The van der Waals surface area contributed by atoms with Gasteiger partial charge >= 0.3 is 5.97 Å². The van der Waals surface area contributed by atoms with Crippen LogP contribution in [0.5, 0.6) is 0 Å². The molecule has 1 fully saturated rings. The number of benzene rings is 1. The van der Waals surface area contributed by atoms with Gasteiger partial charge in [0, 0.05) is 0 Å². The highest BCUT2D eigenvalue weighted by Gasteiger charge is 2.37. The molecule has 1 saturated heterocycles. The van der Waals surface area contributed by atoms with Gasteiger partial charge in [-0.1, -0.05) is 13.8 Å². The Balaban J connectivity index is 2.19. The van der Waals surface area contributed by atoms with Crippen LogP contribution in [0.2, 0.25) is 0 Å². The molecule has 0 bridgehead atoms. The van der Waals surface area contributed by atoms with Crippen molar-refractivity contribution in [2.45, 2.75) is 32.7 Å². The molecule has 2 rings (SSSR count). The summed E-state index contributed by atoms with van der Waals surface area (Å²) in [5.74, 6) is -1.47. The Labute approximate surface area is 129 Å². The van der Waals surface area contributed by atoms with Crippen molar-refractivity contribution in [3.8, 4) is 0 Å². The Morgan fingerprint density at radius 3 is 2.77 bits per heavy atom. The number of hydrogen-bond acceptors (Lipinski definition) is 4. The van der Waals surface area contributed by atoms with Crippen LogP contribution in [-0.4, -0.2) is 31.6 Å². The normalized spacial score (nSPS) is 20.3. The fourth-order valence-corrected chi connectivity index (χ4v) is 2.73. The maximum absolute atomic E-state index is 13.9. The Bertz CT molecular complexity index is 587. The third-order valence-corrected chi connectivity index (χ3v) is 4.04. The minimum atomic E-state index is -0.588. The van der Waals surface area contributed by atoms with E-state index < -0.39 is 17.8 Å². The molecule has 1 heterocycles. The molecule has 6 heteroatoms. The zero-order chi connectivity index (χ0) is 16.3. The number of ether oxygens (including phenoxy) is 1. The van der Waals surface area contributed by atoms with Crippen molar-refractivity contribution in [2.75, 3.05) is 19.0 Å². The average Bonchev–Trinajstić information content (AvgIpc) is 2.48. The molecular weight excluding hydrogens is 287 g/mol. The lowest BCUT2D eigenvalue weighted by atomic mass is 9.77. The summed E-state index contributed by atoms with van der Waals surface area (Å²) in [6, 6.07) is 3.35. The highest BCUT2D eigenvalue weighted by molar-refractivity contribution is 5.97. The first-order chi connectivity index (χ1) is 10.3. The molecule has 1 aromatic rings. The van der Waals surface area contributed by atoms with Crippen LogP contribution in [0.4, 0.5) is 10.1 Å². The first kappa shape index (κ1) is 16.4. The molecule has 0 saturated carbocycles. The largest absolute Gasteiger partial charge is 0.465 e. The molecule has 0 aliphatic carbocycles. The van der Waals surface area contributed by atoms with Gasteiger partial charge in [-0.25, -0.2) is 9.18 Å². The molecule has 22 heavy (non-hydrogen) atoms. The minimum Gasteiger partial charge on any atom is -0.465 e. The SMILES string of the molecule is COC(=O)c1ccc(F)c(NC(=O)C2NCCCC2(C)C)c1. The Morgan fingerprint density at radius 1 is 1.41 bits per heavy atom. The van der Waals surface area contributed by atoms with E-state index in [4.69, 9.17) is 0 Å². The first-order valence-electron chi connectivity index (χ1n) is 7.27. The summed E-state index contributed by atoms with van der Waals surface area (Å²) in [6.45, 7) is 4.77. The van der Waals surface area contributed by atoms with Crippen molar-refractivity contribution < 1.29 is 18.7 Å². The van der Waals surface area contributed by atoms with Crippen molar-refractivity contribution in [1.29, 1.82) is 0 Å². The molecule has 1 aliphatic rings. The minimum absolute atomic E-state index is 0.0175. The van der Waals surface area contributed by atoms with Gasteiger partial charge < -0.3 is 15.4 Å². The van der Waals surface area contributed by atoms with E-state index in [1.165, 1.54) is 19.2 Å². The highest BCUT2D eigenvalue weighted by Crippen LogP contribution is 2.31. The predicted octanol–water partition coefficient (Wildman–Crippen LogP) is 2.33. The van der Waals surface area contributed by atoms with Crippen LogP contribution >= 0.6 is 0 Å². The Morgan fingerprint density at radius 2 is 2.14 bits per heavy atom. The number of hydrogen-bond donors (Lipinski definition) is 2. The molecule has 5 nitrogen and oxygen atoms in total. The average molecular weight is 308 g/mol. The summed E-state index contributed by atoms with van der Waals surface area (Å²) in [6.07, 6.45) is 1.92. The quantitative estimate of drug-likeness (QED) is 0.841. The zero-order valence-corrected chi connectivity index (χ0v) is 13.0. The van der Waals surface area contributed by atoms with Crippen LogP contribution < -0.4 is 10.6 Å². The van der Waals surface area contributed by atoms with Crippen LogP contribution in [0.1, 0.15) is 37.0 Å². The number of carbonyl (C=O) groups is 2. The second-order valence-electron chi connectivity index (χ2n) is 6.15. The predicted molar refractivity (Wildman–Crippen MR) is 81.2 cm³/mol. The van der Waals surface area contributed by atoms with Gasteiger partial charge in [0.05, 0.1) is 24.4 Å². The number of anilines is 1. The molecular formula is C16H21FN2O3. The lowest BCUT2D eigenvalue weighted by Gasteiger charge is -2.38. The summed E-state index contributed by atoms with van der Waals surface area (Å²) in [7, 11) is 1.25. The van der Waals surface area contributed by atoms with Crippen LogP contribution in [0.25, 0.3) is 0 Å². The molecule has 1 unspecified atom stereocenters. The monoisotopic (exact) mass is 308 g/mol. The summed E-state index contributed by atoms with van der Waals surface area (Å²) in [4.78, 5) is 23.9. The van der Waals surface area contributed by atoms with Crippen LogP contribution in [0, 0.1) is 11.2 Å². The molecule has 1 aliphatic heterocycles. The maximum Gasteiger partial charge on any atom is 0.337 e. The number of nitrogens with one attached hydrogen (secondary N) is 2. The number of rotatable bonds is 3. The van der Waals surface area contributed by atoms with E-state index >= 15 is 0 Å². The van der Waals surface area contributed by atoms with E-state index in [1.807, 2.05) is 13.8 Å². The first-order valence-corrected chi connectivity index (χ1v) is 7.27. The van der Waals surface area contributed by atoms with E-state index in [1.54, 1.807) is 0 Å². The van der Waals surface area contributed by atoms with E-state index in [9.17, 15) is 14.0 Å². The van der Waals surface area contributed by atoms with Gasteiger partial charge in [-0.05, 0) is 43.0 Å². The number of esters is 1. The standard InChI is InChI=1S/C16H21FN2O3/c1-16(2)7-4-8-18-13(16)14(20)19-12-9-10(15(21)22-3)5-6-11(12)17/h5-6,9,13,18H,4,7-8H2,1-3H3,(H,19,20). The lowest BCUT2D eigenvalue weighted by Crippen LogP contribution is -2.53. The number of amides is 1. The van der Waals surface area contributed by atoms with Gasteiger partial charge in [0.2, 0.25) is 5.91 Å². The van der Waals surface area contributed by atoms with Crippen LogP contribution in [0.3, 0.4) is 0 Å². The topological polar surface area (TPSA) is 67.4 Å². The van der Waals surface area contributed by atoms with E-state index in [2.05, 4.69) is 15.4 Å². The molecule has 0 aromatic heterocycles. The van der Waals surface area contributed by atoms with Crippen LogP contribution in [0.15, 0.2) is 18.2 Å². The summed E-state index contributed by atoms with van der Waals surface area (Å²) < 4.78 is 18.5. The number of carbonyl (C=O) groups excluding carboxylic acids is 2. The second kappa shape index (κ2) is 6.44. The zero-order valence-electron chi connectivity index (χ0n) is 13.0. The Kier molecular flexibility index (Phi) is 4.81. The van der Waals surface area contributed by atoms with Gasteiger partial charge in [-0.15, -0.1) is 0 Å². The second-order valence-corrected chi connectivity index (χ2v) is 6.15. The Hall–Kier alpha value is -1.95. The van der Waals surface area contributed by atoms with Crippen LogP contribution in [-0.2, 0) is 9.53 Å². The van der Waals surface area contributed by atoms with E-state index in [-0.39, 0.29) is 22.6 Å². The van der Waals surface area contributed by atoms with Gasteiger partial charge in [0.25, 0.3) is 0 Å². The fourth-order valence-electron chi connectivity index (χ4n) is 2.73. The van der Waals surface area contributed by atoms with Gasteiger partial charge in [0.15, 0.2) is 0 Å².